The number of likely N-dealkylation sites (tertiary alicyclic amines) is 1. The topological polar surface area (TPSA) is 39.7 Å². The van der Waals surface area contributed by atoms with Gasteiger partial charge in [-0.15, -0.1) is 0 Å². The van der Waals surface area contributed by atoms with Crippen LogP contribution in [0.4, 0.5) is 4.39 Å². The van der Waals surface area contributed by atoms with Crippen LogP contribution < -0.4 is 10.6 Å². The van der Waals surface area contributed by atoms with Crippen molar-refractivity contribution in [2.45, 2.75) is 57.8 Å². The van der Waals surface area contributed by atoms with Crippen molar-refractivity contribution in [1.82, 2.24) is 15.5 Å². The number of benzene rings is 1. The average Bonchev–Trinajstić information content (AvgIpc) is 3.32. The van der Waals surface area contributed by atoms with E-state index in [9.17, 15) is 4.39 Å². The van der Waals surface area contributed by atoms with E-state index in [2.05, 4.69) is 50.3 Å². The molecule has 132 valence electrons. The van der Waals surface area contributed by atoms with Gasteiger partial charge >= 0.3 is 0 Å². The Morgan fingerprint density at radius 3 is 2.88 bits per heavy atom. The highest BCUT2D eigenvalue weighted by Gasteiger charge is 2.38. The van der Waals surface area contributed by atoms with Gasteiger partial charge in [0, 0.05) is 31.2 Å². The molecule has 24 heavy (non-hydrogen) atoms. The molecule has 1 aromatic rings. The second kappa shape index (κ2) is 7.83. The van der Waals surface area contributed by atoms with Gasteiger partial charge in [-0.25, -0.2) is 9.38 Å². The fourth-order valence-corrected chi connectivity index (χ4v) is 3.64. The summed E-state index contributed by atoms with van der Waals surface area (Å²) in [4.78, 5) is 7.24. The van der Waals surface area contributed by atoms with Crippen LogP contribution in [-0.2, 0) is 6.54 Å². The van der Waals surface area contributed by atoms with E-state index in [1.165, 1.54) is 18.9 Å². The molecule has 6 heteroatoms. The molecule has 1 saturated carbocycles. The molecule has 1 aromatic carbocycles. The largest absolute Gasteiger partial charge is 0.357 e. The van der Waals surface area contributed by atoms with Crippen molar-refractivity contribution in [2.75, 3.05) is 13.1 Å². The van der Waals surface area contributed by atoms with Crippen LogP contribution in [0.2, 0.25) is 0 Å². The van der Waals surface area contributed by atoms with Crippen molar-refractivity contribution in [3.05, 3.63) is 34.1 Å². The lowest BCUT2D eigenvalue weighted by Crippen LogP contribution is -2.44. The van der Waals surface area contributed by atoms with Crippen molar-refractivity contribution >= 4 is 21.9 Å². The molecule has 1 aliphatic carbocycles. The summed E-state index contributed by atoms with van der Waals surface area (Å²) < 4.78 is 14.1. The highest BCUT2D eigenvalue weighted by atomic mass is 79.9. The third-order valence-corrected chi connectivity index (χ3v) is 5.37. The molecular formula is C18H26BrFN4. The highest BCUT2D eigenvalue weighted by Crippen LogP contribution is 2.33. The zero-order chi connectivity index (χ0) is 17.1. The highest BCUT2D eigenvalue weighted by molar-refractivity contribution is 9.10. The molecule has 1 heterocycles. The van der Waals surface area contributed by atoms with E-state index in [4.69, 9.17) is 0 Å². The number of rotatable bonds is 5. The van der Waals surface area contributed by atoms with E-state index in [1.807, 2.05) is 6.07 Å². The maximum atomic E-state index is 13.6. The lowest BCUT2D eigenvalue weighted by Gasteiger charge is -2.20. The van der Waals surface area contributed by atoms with Gasteiger partial charge in [-0.1, -0.05) is 6.07 Å². The fourth-order valence-electron chi connectivity index (χ4n) is 3.40. The molecule has 1 saturated heterocycles. The molecule has 0 radical (unpaired) electrons. The Labute approximate surface area is 152 Å². The van der Waals surface area contributed by atoms with Crippen LogP contribution in [-0.4, -0.2) is 42.1 Å². The van der Waals surface area contributed by atoms with Crippen molar-refractivity contribution < 1.29 is 4.39 Å². The standard InChI is InChI=1S/C18H26BrFN4/c1-3-21-18(22-10-13-4-7-16(19)17(20)9-13)23-14-8-12(2)24(11-14)15-5-6-15/h4,7,9,12,14-15H,3,5-6,8,10-11H2,1-2H3,(H2,21,22,23). The first-order valence-electron chi connectivity index (χ1n) is 8.81. The monoisotopic (exact) mass is 396 g/mol. The summed E-state index contributed by atoms with van der Waals surface area (Å²) in [5.41, 5.74) is 0.868. The average molecular weight is 397 g/mol. The first-order chi connectivity index (χ1) is 11.6. The van der Waals surface area contributed by atoms with E-state index in [-0.39, 0.29) is 5.82 Å². The van der Waals surface area contributed by atoms with Gasteiger partial charge < -0.3 is 10.6 Å². The Hall–Kier alpha value is -1.14. The van der Waals surface area contributed by atoms with Crippen LogP contribution in [0.5, 0.6) is 0 Å². The number of aliphatic imine (C=N–C) groups is 1. The first-order valence-corrected chi connectivity index (χ1v) is 9.60. The Balaban J connectivity index is 1.60. The minimum Gasteiger partial charge on any atom is -0.357 e. The summed E-state index contributed by atoms with van der Waals surface area (Å²) in [5, 5.41) is 6.85. The summed E-state index contributed by atoms with van der Waals surface area (Å²) in [5.74, 6) is 0.570. The maximum absolute atomic E-state index is 13.6. The molecule has 0 spiro atoms. The minimum absolute atomic E-state index is 0.245. The van der Waals surface area contributed by atoms with Crippen LogP contribution in [0.25, 0.3) is 0 Å². The number of nitrogens with zero attached hydrogens (tertiary/aromatic N) is 2. The molecule has 1 aliphatic heterocycles. The van der Waals surface area contributed by atoms with Gasteiger partial charge in [-0.05, 0) is 66.7 Å². The predicted octanol–water partition coefficient (Wildman–Crippen LogP) is 3.27. The number of halogens is 2. The van der Waals surface area contributed by atoms with Crippen molar-refractivity contribution in [1.29, 1.82) is 0 Å². The van der Waals surface area contributed by atoms with Gasteiger partial charge in [0.05, 0.1) is 11.0 Å². The van der Waals surface area contributed by atoms with Crippen LogP contribution in [0.1, 0.15) is 38.7 Å². The molecule has 2 aliphatic rings. The zero-order valence-corrected chi connectivity index (χ0v) is 15.9. The van der Waals surface area contributed by atoms with Gasteiger partial charge in [0.2, 0.25) is 0 Å². The molecule has 3 rings (SSSR count). The number of guanidine groups is 1. The van der Waals surface area contributed by atoms with Gasteiger partial charge in [0.1, 0.15) is 5.82 Å². The second-order valence-electron chi connectivity index (χ2n) is 6.80. The summed E-state index contributed by atoms with van der Waals surface area (Å²) in [7, 11) is 0. The van der Waals surface area contributed by atoms with Gasteiger partial charge in [-0.3, -0.25) is 4.90 Å². The van der Waals surface area contributed by atoms with E-state index >= 15 is 0 Å². The SMILES string of the molecule is CCNC(=NCc1ccc(Br)c(F)c1)NC1CC(C)N(C2CC2)C1. The quantitative estimate of drug-likeness (QED) is 0.592. The van der Waals surface area contributed by atoms with Crippen LogP contribution in [0.3, 0.4) is 0 Å². The Bertz CT molecular complexity index is 603. The fraction of sp³-hybridized carbons (Fsp3) is 0.611. The van der Waals surface area contributed by atoms with Crippen molar-refractivity contribution in [2.24, 2.45) is 4.99 Å². The van der Waals surface area contributed by atoms with Crippen LogP contribution in [0.15, 0.2) is 27.7 Å². The van der Waals surface area contributed by atoms with Gasteiger partial charge in [-0.2, -0.15) is 0 Å². The van der Waals surface area contributed by atoms with E-state index < -0.39 is 0 Å². The third kappa shape index (κ3) is 4.48. The Morgan fingerprint density at radius 1 is 1.42 bits per heavy atom. The smallest absolute Gasteiger partial charge is 0.191 e. The maximum Gasteiger partial charge on any atom is 0.191 e. The Kier molecular flexibility index (Phi) is 5.76. The molecule has 2 unspecified atom stereocenters. The summed E-state index contributed by atoms with van der Waals surface area (Å²) in [6, 6.07) is 7.03. The van der Waals surface area contributed by atoms with E-state index in [0.29, 0.717) is 23.1 Å². The summed E-state index contributed by atoms with van der Waals surface area (Å²) in [6.45, 7) is 6.74. The Morgan fingerprint density at radius 2 is 2.21 bits per heavy atom. The predicted molar refractivity (Wildman–Crippen MR) is 99.6 cm³/mol. The van der Waals surface area contributed by atoms with Gasteiger partial charge in [0.15, 0.2) is 5.96 Å². The second-order valence-corrected chi connectivity index (χ2v) is 7.65. The minimum atomic E-state index is -0.245. The normalized spacial score (nSPS) is 25.1. The molecule has 2 fully saturated rings. The van der Waals surface area contributed by atoms with E-state index in [1.54, 1.807) is 6.07 Å². The zero-order valence-electron chi connectivity index (χ0n) is 14.4. The molecule has 0 amide bonds. The number of nitrogens with one attached hydrogen (secondary N) is 2. The van der Waals surface area contributed by atoms with Crippen molar-refractivity contribution in [3.63, 3.8) is 0 Å². The molecule has 4 nitrogen and oxygen atoms in total. The lowest BCUT2D eigenvalue weighted by molar-refractivity contribution is 0.256. The molecule has 2 N–H and O–H groups in total. The summed E-state index contributed by atoms with van der Waals surface area (Å²) >= 11 is 3.18. The van der Waals surface area contributed by atoms with Crippen LogP contribution in [0, 0.1) is 5.82 Å². The molecule has 2 atom stereocenters. The number of hydrogen-bond acceptors (Lipinski definition) is 2. The lowest BCUT2D eigenvalue weighted by atomic mass is 10.2. The van der Waals surface area contributed by atoms with E-state index in [0.717, 1.165) is 37.1 Å². The molecular weight excluding hydrogens is 371 g/mol. The molecule has 0 aromatic heterocycles. The molecule has 0 bridgehead atoms. The van der Waals surface area contributed by atoms with Crippen molar-refractivity contribution in [3.8, 4) is 0 Å². The van der Waals surface area contributed by atoms with Gasteiger partial charge in [0.25, 0.3) is 0 Å². The van der Waals surface area contributed by atoms with Crippen LogP contribution >= 0.6 is 15.9 Å². The third-order valence-electron chi connectivity index (χ3n) is 4.73. The number of hydrogen-bond donors (Lipinski definition) is 2. The first kappa shape index (κ1) is 17.7. The summed E-state index contributed by atoms with van der Waals surface area (Å²) in [6.07, 6.45) is 3.84.